The molecule has 1 saturated carbocycles. The molecule has 3 aromatic carbocycles. The topological polar surface area (TPSA) is 62.0 Å². The minimum Gasteiger partial charge on any atom is -0.361 e. The number of nitrogens with one attached hydrogen (secondary N) is 2. The van der Waals surface area contributed by atoms with Gasteiger partial charge in [-0.05, 0) is 65.3 Å². The number of carbonyl (C=O) groups excluding carboxylic acids is 2. The number of aromatic amines is 1. The van der Waals surface area contributed by atoms with Crippen LogP contribution in [0.4, 0.5) is 5.69 Å². The van der Waals surface area contributed by atoms with Crippen LogP contribution in [0, 0.1) is 11.8 Å². The molecule has 1 heterocycles. The highest BCUT2D eigenvalue weighted by molar-refractivity contribution is 5.97. The molecule has 1 fully saturated rings. The predicted molar refractivity (Wildman–Crippen MR) is 128 cm³/mol. The van der Waals surface area contributed by atoms with Gasteiger partial charge in [0.25, 0.3) is 0 Å². The fourth-order valence-electron chi connectivity index (χ4n) is 4.83. The average molecular weight is 423 g/mol. The lowest BCUT2D eigenvalue weighted by atomic mass is 9.88. The van der Waals surface area contributed by atoms with Crippen molar-refractivity contribution in [3.8, 4) is 11.1 Å². The lowest BCUT2D eigenvalue weighted by Crippen LogP contribution is -2.31. The molecule has 4 aromatic rings. The number of hydrogen-bond donors (Lipinski definition) is 2. The monoisotopic (exact) mass is 422 g/mol. The van der Waals surface area contributed by atoms with Gasteiger partial charge in [0.2, 0.25) is 5.91 Å². The van der Waals surface area contributed by atoms with Crippen LogP contribution in [-0.4, -0.2) is 16.7 Å². The first-order valence-electron chi connectivity index (χ1n) is 11.2. The number of carbonyl (C=O) groups is 2. The van der Waals surface area contributed by atoms with E-state index in [-0.39, 0.29) is 23.5 Å². The maximum absolute atomic E-state index is 13.1. The van der Waals surface area contributed by atoms with Crippen LogP contribution < -0.4 is 5.32 Å². The summed E-state index contributed by atoms with van der Waals surface area (Å²) in [4.78, 5) is 29.2. The molecule has 0 bridgehead atoms. The molecule has 2 N–H and O–H groups in total. The third-order valence-electron chi connectivity index (χ3n) is 6.50. The minimum absolute atomic E-state index is 0.0489. The number of aromatic nitrogens is 1. The fraction of sp³-hybridized carbons (Fsp3) is 0.214. The summed E-state index contributed by atoms with van der Waals surface area (Å²) in [5.74, 6) is -0.338. The molecule has 32 heavy (non-hydrogen) atoms. The van der Waals surface area contributed by atoms with Gasteiger partial charge in [-0.25, -0.2) is 0 Å². The summed E-state index contributed by atoms with van der Waals surface area (Å²) in [6, 6.07) is 26.0. The van der Waals surface area contributed by atoms with Crippen molar-refractivity contribution in [2.24, 2.45) is 11.8 Å². The van der Waals surface area contributed by atoms with Gasteiger partial charge < -0.3 is 10.3 Å². The average Bonchev–Trinajstić information content (AvgIpc) is 3.49. The molecule has 2 atom stereocenters. The Bertz CT molecular complexity index is 1260. The number of rotatable bonds is 6. The summed E-state index contributed by atoms with van der Waals surface area (Å²) in [7, 11) is 0. The Morgan fingerprint density at radius 3 is 2.53 bits per heavy atom. The SMILES string of the molecule is O=C(Cc1ccccc1)C1CCCC1C(=O)Nc1cccc(-c2ccc3[nH]ccc3c2)c1. The van der Waals surface area contributed by atoms with Gasteiger partial charge in [-0.2, -0.15) is 0 Å². The van der Waals surface area contributed by atoms with Crippen molar-refractivity contribution in [1.29, 1.82) is 0 Å². The van der Waals surface area contributed by atoms with Crippen LogP contribution in [0.5, 0.6) is 0 Å². The third kappa shape index (κ3) is 4.22. The normalized spacial score (nSPS) is 18.0. The summed E-state index contributed by atoms with van der Waals surface area (Å²) in [6.45, 7) is 0. The molecule has 0 saturated heterocycles. The number of amides is 1. The Morgan fingerprint density at radius 1 is 0.844 bits per heavy atom. The van der Waals surface area contributed by atoms with E-state index in [2.05, 4.69) is 34.6 Å². The molecular weight excluding hydrogens is 396 g/mol. The van der Waals surface area contributed by atoms with Crippen molar-refractivity contribution in [2.75, 3.05) is 5.32 Å². The molecule has 0 radical (unpaired) electrons. The smallest absolute Gasteiger partial charge is 0.228 e. The number of fused-ring (bicyclic) bond motifs is 1. The lowest BCUT2D eigenvalue weighted by molar-refractivity contribution is -0.129. The van der Waals surface area contributed by atoms with E-state index in [1.165, 1.54) is 0 Å². The van der Waals surface area contributed by atoms with Crippen molar-refractivity contribution in [1.82, 2.24) is 4.98 Å². The zero-order chi connectivity index (χ0) is 21.9. The van der Waals surface area contributed by atoms with Crippen LogP contribution >= 0.6 is 0 Å². The zero-order valence-electron chi connectivity index (χ0n) is 17.9. The van der Waals surface area contributed by atoms with Crippen LogP contribution in [0.25, 0.3) is 22.0 Å². The highest BCUT2D eigenvalue weighted by Crippen LogP contribution is 2.34. The van der Waals surface area contributed by atoms with Gasteiger partial charge in [-0.3, -0.25) is 9.59 Å². The van der Waals surface area contributed by atoms with E-state index in [0.29, 0.717) is 6.42 Å². The zero-order valence-corrected chi connectivity index (χ0v) is 17.9. The Hall–Kier alpha value is -3.66. The molecule has 5 rings (SSSR count). The Morgan fingerprint density at radius 2 is 1.66 bits per heavy atom. The number of H-pyrrole nitrogens is 1. The predicted octanol–water partition coefficient (Wildman–Crippen LogP) is 6.00. The first kappa shape index (κ1) is 20.3. The van der Waals surface area contributed by atoms with Crippen molar-refractivity contribution in [3.63, 3.8) is 0 Å². The Kier molecular flexibility index (Phi) is 5.59. The Balaban J connectivity index is 1.30. The number of hydrogen-bond acceptors (Lipinski definition) is 2. The first-order chi connectivity index (χ1) is 15.7. The van der Waals surface area contributed by atoms with Crippen molar-refractivity contribution in [2.45, 2.75) is 25.7 Å². The van der Waals surface area contributed by atoms with Crippen molar-refractivity contribution < 1.29 is 9.59 Å². The number of ketones is 1. The molecule has 2 unspecified atom stereocenters. The summed E-state index contributed by atoms with van der Waals surface area (Å²) in [5, 5.41) is 4.23. The molecule has 1 amide bonds. The molecule has 0 aliphatic heterocycles. The molecule has 160 valence electrons. The molecule has 4 heteroatoms. The lowest BCUT2D eigenvalue weighted by Gasteiger charge is -2.18. The van der Waals surface area contributed by atoms with Gasteiger partial charge in [0.1, 0.15) is 5.78 Å². The third-order valence-corrected chi connectivity index (χ3v) is 6.50. The quantitative estimate of drug-likeness (QED) is 0.400. The van der Waals surface area contributed by atoms with Crippen molar-refractivity contribution in [3.05, 3.63) is 90.6 Å². The van der Waals surface area contributed by atoms with Gasteiger partial charge >= 0.3 is 0 Å². The van der Waals surface area contributed by atoms with E-state index >= 15 is 0 Å². The van der Waals surface area contributed by atoms with E-state index in [1.54, 1.807) is 0 Å². The minimum atomic E-state index is -0.258. The maximum Gasteiger partial charge on any atom is 0.228 e. The van der Waals surface area contributed by atoms with Gasteiger partial charge in [-0.1, -0.05) is 55.0 Å². The van der Waals surface area contributed by atoms with E-state index < -0.39 is 0 Å². The van der Waals surface area contributed by atoms with E-state index in [9.17, 15) is 9.59 Å². The summed E-state index contributed by atoms with van der Waals surface area (Å²) < 4.78 is 0. The highest BCUT2D eigenvalue weighted by atomic mass is 16.2. The summed E-state index contributed by atoms with van der Waals surface area (Å²) >= 11 is 0. The van der Waals surface area contributed by atoms with Crippen LogP contribution in [0.1, 0.15) is 24.8 Å². The second-order valence-electron chi connectivity index (χ2n) is 8.62. The van der Waals surface area contributed by atoms with E-state index in [4.69, 9.17) is 0 Å². The highest BCUT2D eigenvalue weighted by Gasteiger charge is 2.37. The molecule has 4 nitrogen and oxygen atoms in total. The number of Topliss-reactive ketones (excluding diaryl/α,β-unsaturated/α-hetero) is 1. The van der Waals surface area contributed by atoms with Gasteiger partial charge in [0.15, 0.2) is 0 Å². The summed E-state index contributed by atoms with van der Waals surface area (Å²) in [5.41, 5.74) is 5.03. The molecular formula is C28H26N2O2. The Labute approximate surface area is 187 Å². The second kappa shape index (κ2) is 8.83. The van der Waals surface area contributed by atoms with Crippen LogP contribution in [-0.2, 0) is 16.0 Å². The van der Waals surface area contributed by atoms with E-state index in [1.807, 2.05) is 60.8 Å². The molecule has 1 aromatic heterocycles. The van der Waals surface area contributed by atoms with Crippen molar-refractivity contribution >= 4 is 28.3 Å². The van der Waals surface area contributed by atoms with Gasteiger partial charge in [0, 0.05) is 35.7 Å². The maximum atomic E-state index is 13.1. The molecule has 1 aliphatic carbocycles. The molecule has 1 aliphatic rings. The number of benzene rings is 3. The molecule has 0 spiro atoms. The van der Waals surface area contributed by atoms with Crippen LogP contribution in [0.2, 0.25) is 0 Å². The fourth-order valence-corrected chi connectivity index (χ4v) is 4.83. The number of anilines is 1. The van der Waals surface area contributed by atoms with Crippen LogP contribution in [0.3, 0.4) is 0 Å². The van der Waals surface area contributed by atoms with Crippen LogP contribution in [0.15, 0.2) is 85.1 Å². The standard InChI is InChI=1S/C28H26N2O2/c31-27(16-19-6-2-1-3-7-19)24-10-5-11-25(24)28(32)30-23-9-4-8-20(18-23)21-12-13-26-22(17-21)14-15-29-26/h1-4,6-9,12-15,17-18,24-25,29H,5,10-11,16H2,(H,30,32). The summed E-state index contributed by atoms with van der Waals surface area (Å²) in [6.07, 6.45) is 4.80. The van der Waals surface area contributed by atoms with E-state index in [0.717, 1.165) is 52.5 Å². The van der Waals surface area contributed by atoms with Gasteiger partial charge in [0.05, 0.1) is 0 Å². The second-order valence-corrected chi connectivity index (χ2v) is 8.62. The first-order valence-corrected chi connectivity index (χ1v) is 11.2. The largest absolute Gasteiger partial charge is 0.361 e. The van der Waals surface area contributed by atoms with Gasteiger partial charge in [-0.15, -0.1) is 0 Å².